The molecule has 364 valence electrons. The number of rotatable bonds is 8. The van der Waals surface area contributed by atoms with Crippen molar-refractivity contribution in [3.05, 3.63) is 249 Å². The van der Waals surface area contributed by atoms with Crippen LogP contribution in [0.25, 0.3) is 55.3 Å². The molecule has 0 aliphatic heterocycles. The van der Waals surface area contributed by atoms with E-state index in [1.165, 1.54) is 156 Å². The molecule has 2 nitrogen and oxygen atoms in total. The lowest BCUT2D eigenvalue weighted by atomic mass is 9.76. The van der Waals surface area contributed by atoms with E-state index in [2.05, 4.69) is 275 Å². The van der Waals surface area contributed by atoms with Crippen molar-refractivity contribution in [2.24, 2.45) is 0 Å². The van der Waals surface area contributed by atoms with E-state index >= 15 is 0 Å². The van der Waals surface area contributed by atoms with E-state index in [9.17, 15) is 0 Å². The molecule has 2 heteroatoms. The van der Waals surface area contributed by atoms with Crippen LogP contribution in [0.1, 0.15) is 94.5 Å². The maximum atomic E-state index is 2.59. The van der Waals surface area contributed by atoms with Crippen LogP contribution in [-0.4, -0.2) is 0 Å². The summed E-state index contributed by atoms with van der Waals surface area (Å²) in [5.74, 6) is 0. The number of hydrogen-bond acceptors (Lipinski definition) is 2. The quantitative estimate of drug-likeness (QED) is 0.150. The lowest BCUT2D eigenvalue weighted by Crippen LogP contribution is -2.17. The lowest BCUT2D eigenvalue weighted by Gasteiger charge is -2.29. The Bertz CT molecular complexity index is 3480. The molecule has 0 aromatic heterocycles. The summed E-state index contributed by atoms with van der Waals surface area (Å²) in [6.45, 7) is 27.5. The molecule has 74 heavy (non-hydrogen) atoms. The van der Waals surface area contributed by atoms with E-state index in [4.69, 9.17) is 0 Å². The van der Waals surface area contributed by atoms with Crippen LogP contribution in [0.5, 0.6) is 0 Å². The third-order valence-electron chi connectivity index (χ3n) is 16.2. The molecule has 2 aliphatic rings. The van der Waals surface area contributed by atoms with Crippen molar-refractivity contribution in [1.29, 1.82) is 0 Å². The maximum Gasteiger partial charge on any atom is 0.0466 e. The van der Waals surface area contributed by atoms with Crippen LogP contribution in [0.4, 0.5) is 34.1 Å². The first-order valence-corrected chi connectivity index (χ1v) is 26.5. The molecular formula is C72H66N2. The van der Waals surface area contributed by atoms with Crippen molar-refractivity contribution >= 4 is 44.9 Å². The van der Waals surface area contributed by atoms with Gasteiger partial charge in [0, 0.05) is 45.0 Å². The largest absolute Gasteiger partial charge is 0.310 e. The SMILES string of the molecule is Cc1cc(C)cc(N(c2cc(C)cc(C)c2)c2ccc3c(c2)C(C)(C)c2cc4c(-c5ccccc5)c5c(cc4c(-c4ccccc4)c2-3)C(C)(C)c2cc(N(c3cc(C)cc(C)c3)c3cc(C)cc(C)c3)ccc2-5)c1. The van der Waals surface area contributed by atoms with Crippen molar-refractivity contribution in [2.75, 3.05) is 9.80 Å². The average molecular weight is 959 g/mol. The highest BCUT2D eigenvalue weighted by Crippen LogP contribution is 2.61. The van der Waals surface area contributed by atoms with Crippen molar-refractivity contribution < 1.29 is 0 Å². The van der Waals surface area contributed by atoms with Crippen LogP contribution in [0, 0.1) is 55.4 Å². The van der Waals surface area contributed by atoms with Gasteiger partial charge in [-0.3, -0.25) is 0 Å². The molecule has 0 amide bonds. The minimum atomic E-state index is -0.320. The Hall–Kier alpha value is -7.94. The van der Waals surface area contributed by atoms with E-state index in [1.54, 1.807) is 0 Å². The van der Waals surface area contributed by atoms with Crippen LogP contribution in [0.3, 0.4) is 0 Å². The Balaban J connectivity index is 1.11. The van der Waals surface area contributed by atoms with Crippen molar-refractivity contribution in [1.82, 2.24) is 0 Å². The summed E-state index contributed by atoms with van der Waals surface area (Å²) in [6, 6.07) is 69.9. The van der Waals surface area contributed by atoms with Gasteiger partial charge in [-0.1, -0.05) is 125 Å². The zero-order valence-corrected chi connectivity index (χ0v) is 45.2. The van der Waals surface area contributed by atoms with Gasteiger partial charge >= 0.3 is 0 Å². The van der Waals surface area contributed by atoms with Gasteiger partial charge in [0.25, 0.3) is 0 Å². The first-order chi connectivity index (χ1) is 35.4. The predicted molar refractivity (Wildman–Crippen MR) is 317 cm³/mol. The van der Waals surface area contributed by atoms with E-state index in [0.717, 1.165) is 0 Å². The fourth-order valence-corrected chi connectivity index (χ4v) is 13.2. The Morgan fingerprint density at radius 1 is 0.257 bits per heavy atom. The van der Waals surface area contributed by atoms with E-state index in [-0.39, 0.29) is 10.8 Å². The van der Waals surface area contributed by atoms with Gasteiger partial charge in [0.2, 0.25) is 0 Å². The molecule has 0 N–H and O–H groups in total. The zero-order chi connectivity index (χ0) is 51.5. The Labute approximate surface area is 439 Å². The van der Waals surface area contributed by atoms with Crippen molar-refractivity contribution in [3.8, 4) is 44.5 Å². The fourth-order valence-electron chi connectivity index (χ4n) is 13.2. The van der Waals surface area contributed by atoms with Crippen molar-refractivity contribution in [3.63, 3.8) is 0 Å². The summed E-state index contributed by atoms with van der Waals surface area (Å²) < 4.78 is 0. The molecule has 0 saturated heterocycles. The first-order valence-electron chi connectivity index (χ1n) is 26.5. The molecule has 0 bridgehead atoms. The van der Waals surface area contributed by atoms with E-state index in [1.807, 2.05) is 0 Å². The molecule has 0 spiro atoms. The average Bonchev–Trinajstić information content (AvgIpc) is 3.77. The van der Waals surface area contributed by atoms with Crippen LogP contribution in [0.15, 0.2) is 182 Å². The standard InChI is InChI=1S/C72H66N2/c1-43-27-44(2)32-55(31-43)73(56-33-45(3)28-46(4)34-56)53-23-25-59-63(39-53)71(9,10)65-41-61-62(67(69(59)65)51-19-15-13-16-20-51)42-66-70(68(61)52-21-17-14-18-22-52)60-26-24-54(40-64(60)72(66,11)12)74(57-35-47(5)29-48(6)36-57)58-37-49(7)30-50(8)38-58/h13-42H,1-12H3. The molecule has 0 saturated carbocycles. The highest BCUT2D eigenvalue weighted by atomic mass is 15.1. The second-order valence-corrected chi connectivity index (χ2v) is 22.9. The molecule has 2 aliphatic carbocycles. The van der Waals surface area contributed by atoms with E-state index in [0.29, 0.717) is 0 Å². The number of anilines is 6. The summed E-state index contributed by atoms with van der Waals surface area (Å²) in [5, 5.41) is 2.58. The summed E-state index contributed by atoms with van der Waals surface area (Å²) in [7, 11) is 0. The van der Waals surface area contributed by atoms with Gasteiger partial charge in [0.05, 0.1) is 0 Å². The highest BCUT2D eigenvalue weighted by molar-refractivity contribution is 6.17. The number of aryl methyl sites for hydroxylation is 8. The number of hydrogen-bond donors (Lipinski definition) is 0. The molecule has 0 radical (unpaired) electrons. The second kappa shape index (κ2) is 17.3. The molecule has 0 fully saturated rings. The third-order valence-corrected chi connectivity index (χ3v) is 16.2. The summed E-state index contributed by atoms with van der Waals surface area (Å²) in [4.78, 5) is 4.94. The third kappa shape index (κ3) is 7.69. The minimum absolute atomic E-state index is 0.320. The van der Waals surface area contributed by atoms with Gasteiger partial charge < -0.3 is 9.80 Å². The predicted octanol–water partition coefficient (Wildman–Crippen LogP) is 20.2. The smallest absolute Gasteiger partial charge is 0.0466 e. The van der Waals surface area contributed by atoms with Gasteiger partial charge in [-0.15, -0.1) is 0 Å². The summed E-state index contributed by atoms with van der Waals surface area (Å²) in [6.07, 6.45) is 0. The molecule has 10 aromatic rings. The molecule has 0 unspecified atom stereocenters. The Morgan fingerprint density at radius 2 is 0.541 bits per heavy atom. The number of benzene rings is 10. The van der Waals surface area contributed by atoms with Crippen molar-refractivity contribution in [2.45, 2.75) is 93.9 Å². The molecule has 10 aromatic carbocycles. The van der Waals surface area contributed by atoms with Gasteiger partial charge in [-0.2, -0.15) is 0 Å². The monoisotopic (exact) mass is 959 g/mol. The fraction of sp³-hybridized carbons (Fsp3) is 0.194. The number of nitrogens with zero attached hydrogens (tertiary/aromatic N) is 2. The molecule has 0 atom stereocenters. The van der Waals surface area contributed by atoms with Gasteiger partial charge in [0.1, 0.15) is 0 Å². The lowest BCUT2D eigenvalue weighted by molar-refractivity contribution is 0.660. The second-order valence-electron chi connectivity index (χ2n) is 22.9. The van der Waals surface area contributed by atoms with Gasteiger partial charge in [-0.05, 0) is 262 Å². The molecule has 12 rings (SSSR count). The topological polar surface area (TPSA) is 6.48 Å². The molecular weight excluding hydrogens is 893 g/mol. The van der Waals surface area contributed by atoms with Crippen LogP contribution in [-0.2, 0) is 10.8 Å². The normalized spacial score (nSPS) is 13.6. The van der Waals surface area contributed by atoms with E-state index < -0.39 is 0 Å². The van der Waals surface area contributed by atoms with Gasteiger partial charge in [0.15, 0.2) is 0 Å². The maximum absolute atomic E-state index is 2.59. The number of fused-ring (bicyclic) bond motifs is 7. The minimum Gasteiger partial charge on any atom is -0.310 e. The first kappa shape index (κ1) is 47.1. The molecule has 0 heterocycles. The summed E-state index contributed by atoms with van der Waals surface area (Å²) in [5.41, 5.74) is 32.3. The van der Waals surface area contributed by atoms with Crippen LogP contribution in [0.2, 0.25) is 0 Å². The zero-order valence-electron chi connectivity index (χ0n) is 45.2. The Kier molecular flexibility index (Phi) is 11.0. The van der Waals surface area contributed by atoms with Crippen LogP contribution < -0.4 is 9.80 Å². The summed E-state index contributed by atoms with van der Waals surface area (Å²) >= 11 is 0. The van der Waals surface area contributed by atoms with Crippen LogP contribution >= 0.6 is 0 Å². The Morgan fingerprint density at radius 3 is 0.824 bits per heavy atom. The highest BCUT2D eigenvalue weighted by Gasteiger charge is 2.42. The van der Waals surface area contributed by atoms with Gasteiger partial charge in [-0.25, -0.2) is 0 Å².